The number of amides is 1. The summed E-state index contributed by atoms with van der Waals surface area (Å²) in [5, 5.41) is 12.4. The highest BCUT2D eigenvalue weighted by molar-refractivity contribution is 5.92. The van der Waals surface area contributed by atoms with Crippen molar-refractivity contribution in [1.82, 2.24) is 40.5 Å². The van der Waals surface area contributed by atoms with E-state index in [2.05, 4.69) is 40.5 Å². The van der Waals surface area contributed by atoms with E-state index in [9.17, 15) is 18.0 Å². The van der Waals surface area contributed by atoms with Gasteiger partial charge in [-0.2, -0.15) is 18.3 Å². The summed E-state index contributed by atoms with van der Waals surface area (Å²) in [5.41, 5.74) is 0.805. The van der Waals surface area contributed by atoms with Crippen molar-refractivity contribution < 1.29 is 26.9 Å². The third kappa shape index (κ3) is 5.51. The number of H-pyrrole nitrogens is 1. The topological polar surface area (TPSA) is 126 Å². The second kappa shape index (κ2) is 10.5. The van der Waals surface area contributed by atoms with Crippen LogP contribution in [0.2, 0.25) is 0 Å². The van der Waals surface area contributed by atoms with Gasteiger partial charge < -0.3 is 9.84 Å². The van der Waals surface area contributed by atoms with Crippen molar-refractivity contribution >= 4 is 5.91 Å². The van der Waals surface area contributed by atoms with Crippen LogP contribution in [-0.2, 0) is 18.5 Å². The van der Waals surface area contributed by atoms with Gasteiger partial charge in [0, 0.05) is 48.7 Å². The summed E-state index contributed by atoms with van der Waals surface area (Å²) in [4.78, 5) is 27.5. The monoisotopic (exact) mass is 598 g/mol. The van der Waals surface area contributed by atoms with Gasteiger partial charge in [-0.25, -0.2) is 19.3 Å². The fourth-order valence-corrected chi connectivity index (χ4v) is 5.52. The summed E-state index contributed by atoms with van der Waals surface area (Å²) in [6.07, 6.45) is 0.873. The predicted octanol–water partition coefficient (Wildman–Crippen LogP) is 5.12. The molecule has 1 saturated carbocycles. The van der Waals surface area contributed by atoms with Crippen molar-refractivity contribution in [3.05, 3.63) is 64.9 Å². The maximum Gasteiger partial charge on any atom is 0.401 e. The highest BCUT2D eigenvalue weighted by atomic mass is 19.4. The van der Waals surface area contributed by atoms with Gasteiger partial charge in [0.05, 0.1) is 6.54 Å². The second-order valence-electron chi connectivity index (χ2n) is 12.0. The lowest BCUT2D eigenvalue weighted by molar-refractivity contribution is -0.182. The minimum absolute atomic E-state index is 0.0397. The Kier molecular flexibility index (Phi) is 7.06. The van der Waals surface area contributed by atoms with Gasteiger partial charge in [-0.3, -0.25) is 14.8 Å². The van der Waals surface area contributed by atoms with E-state index >= 15 is 4.39 Å². The summed E-state index contributed by atoms with van der Waals surface area (Å²) in [6, 6.07) is 6.57. The number of carbonyl (C=O) groups excluding carboxylic acids is 1. The summed E-state index contributed by atoms with van der Waals surface area (Å²) < 4.78 is 60.0. The number of hydrogen-bond acceptors (Lipinski definition) is 8. The first-order valence-electron chi connectivity index (χ1n) is 13.9. The summed E-state index contributed by atoms with van der Waals surface area (Å²) in [6.45, 7) is 6.34. The Bertz CT molecular complexity index is 1670. The Morgan fingerprint density at radius 3 is 2.56 bits per heavy atom. The molecule has 43 heavy (non-hydrogen) atoms. The van der Waals surface area contributed by atoms with E-state index in [-0.39, 0.29) is 35.5 Å². The maximum atomic E-state index is 15.1. The second-order valence-corrected chi connectivity index (χ2v) is 12.0. The molecule has 2 fully saturated rings. The minimum Gasteiger partial charge on any atom is -0.350 e. The Hall–Kier alpha value is -4.20. The molecular weight excluding hydrogens is 568 g/mol. The molecule has 14 heteroatoms. The number of aryl methyl sites for hydroxylation is 1. The smallest absolute Gasteiger partial charge is 0.350 e. The van der Waals surface area contributed by atoms with E-state index in [0.717, 1.165) is 39.0 Å². The van der Waals surface area contributed by atoms with Gasteiger partial charge in [0.25, 0.3) is 5.91 Å². The number of aromatic nitrogens is 6. The van der Waals surface area contributed by atoms with E-state index in [1.54, 1.807) is 19.1 Å². The number of rotatable bonds is 8. The molecule has 0 bridgehead atoms. The molecule has 1 spiro atoms. The van der Waals surface area contributed by atoms with Crippen LogP contribution in [0.3, 0.4) is 0 Å². The fraction of sp³-hybridized carbons (Fsp3) is 0.448. The Morgan fingerprint density at radius 1 is 1.14 bits per heavy atom. The largest absolute Gasteiger partial charge is 0.401 e. The van der Waals surface area contributed by atoms with Crippen LogP contribution >= 0.6 is 0 Å². The van der Waals surface area contributed by atoms with E-state index < -0.39 is 23.3 Å². The summed E-state index contributed by atoms with van der Waals surface area (Å²) >= 11 is 0. The van der Waals surface area contributed by atoms with Crippen LogP contribution in [0.1, 0.15) is 66.6 Å². The Labute approximate surface area is 244 Å². The molecule has 0 atom stereocenters. The van der Waals surface area contributed by atoms with Crippen LogP contribution in [0.15, 0.2) is 35.0 Å². The van der Waals surface area contributed by atoms with Gasteiger partial charge in [-0.1, -0.05) is 23.7 Å². The lowest BCUT2D eigenvalue weighted by Gasteiger charge is -2.56. The number of nitrogens with one attached hydrogen (secondary N) is 2. The minimum atomic E-state index is -4.55. The molecular formula is C29H30F4N8O2. The number of hydrogen-bond donors (Lipinski definition) is 2. The van der Waals surface area contributed by atoms with Crippen molar-refractivity contribution in [3.63, 3.8) is 0 Å². The van der Waals surface area contributed by atoms with Crippen LogP contribution < -0.4 is 5.32 Å². The highest BCUT2D eigenvalue weighted by Gasteiger charge is 2.51. The lowest BCUT2D eigenvalue weighted by Crippen LogP contribution is -2.58. The molecule has 2 N–H and O–H groups in total. The number of halogens is 4. The fourth-order valence-electron chi connectivity index (χ4n) is 5.52. The third-order valence-electron chi connectivity index (χ3n) is 8.42. The SMILES string of the molecule is Cc1nc(-c2cc(C(=O)NCc3nc(C(C)(C)C(F)(F)F)n[nH]3)on2)ncc1-c1ccc(CN2CC3(CCC3)C2)cc1F. The van der Waals surface area contributed by atoms with Gasteiger partial charge in [0.1, 0.15) is 17.1 Å². The molecule has 1 aliphatic heterocycles. The highest BCUT2D eigenvalue weighted by Crippen LogP contribution is 2.48. The lowest BCUT2D eigenvalue weighted by atomic mass is 9.63. The van der Waals surface area contributed by atoms with Crippen molar-refractivity contribution in [1.29, 1.82) is 0 Å². The number of carbonyl (C=O) groups is 1. The molecule has 226 valence electrons. The zero-order valence-corrected chi connectivity index (χ0v) is 23.8. The normalized spacial score (nSPS) is 16.6. The first kappa shape index (κ1) is 28.9. The molecule has 10 nitrogen and oxygen atoms in total. The van der Waals surface area contributed by atoms with E-state index in [1.165, 1.54) is 31.5 Å². The first-order chi connectivity index (χ1) is 20.3. The molecule has 2 aliphatic rings. The van der Waals surface area contributed by atoms with Crippen molar-refractivity contribution in [2.24, 2.45) is 5.41 Å². The van der Waals surface area contributed by atoms with E-state index in [1.807, 2.05) is 6.07 Å². The van der Waals surface area contributed by atoms with Crippen LogP contribution in [-0.4, -0.2) is 60.4 Å². The van der Waals surface area contributed by atoms with Crippen LogP contribution in [0.25, 0.3) is 22.6 Å². The zero-order valence-electron chi connectivity index (χ0n) is 23.8. The quantitative estimate of drug-likeness (QED) is 0.268. The average Bonchev–Trinajstić information content (AvgIpc) is 3.59. The van der Waals surface area contributed by atoms with Crippen molar-refractivity contribution in [2.45, 2.75) is 64.7 Å². The van der Waals surface area contributed by atoms with Crippen LogP contribution in [0.4, 0.5) is 17.6 Å². The standard InChI is InChI=1S/C29H30F4N8O2/c1-16-19(18-6-5-17(9-20(18)30)13-41-14-28(15-41)7-4-8-28)11-34-24(36-16)21-10-22(43-40-21)25(42)35-12-23-37-26(39-38-23)27(2,3)29(31,32)33/h5-6,9-11H,4,7-8,12-15H2,1-3H3,(H,35,42)(H,37,38,39). The molecule has 4 heterocycles. The Morgan fingerprint density at radius 2 is 1.91 bits per heavy atom. The maximum absolute atomic E-state index is 15.1. The van der Waals surface area contributed by atoms with Crippen LogP contribution in [0.5, 0.6) is 0 Å². The van der Waals surface area contributed by atoms with E-state index in [4.69, 9.17) is 4.52 Å². The predicted molar refractivity (Wildman–Crippen MR) is 146 cm³/mol. The molecule has 1 saturated heterocycles. The zero-order chi connectivity index (χ0) is 30.6. The molecule has 1 aromatic carbocycles. The molecule has 6 rings (SSSR count). The Balaban J connectivity index is 1.08. The van der Waals surface area contributed by atoms with Crippen molar-refractivity contribution in [2.75, 3.05) is 13.1 Å². The number of benzene rings is 1. The average molecular weight is 599 g/mol. The summed E-state index contributed by atoms with van der Waals surface area (Å²) in [5.74, 6) is -1.41. The van der Waals surface area contributed by atoms with Crippen LogP contribution in [0, 0.1) is 18.2 Å². The number of aromatic amines is 1. The van der Waals surface area contributed by atoms with Gasteiger partial charge >= 0.3 is 6.18 Å². The third-order valence-corrected chi connectivity index (χ3v) is 8.42. The molecule has 0 radical (unpaired) electrons. The van der Waals surface area contributed by atoms with Gasteiger partial charge in [0.15, 0.2) is 17.3 Å². The number of nitrogens with zero attached hydrogens (tertiary/aromatic N) is 6. The molecule has 4 aromatic rings. The van der Waals surface area contributed by atoms with Crippen molar-refractivity contribution in [3.8, 4) is 22.6 Å². The molecule has 1 aliphatic carbocycles. The van der Waals surface area contributed by atoms with E-state index in [0.29, 0.717) is 22.2 Å². The van der Waals surface area contributed by atoms with Gasteiger partial charge in [-0.05, 0) is 50.7 Å². The summed E-state index contributed by atoms with van der Waals surface area (Å²) in [7, 11) is 0. The van der Waals surface area contributed by atoms with Gasteiger partial charge in [0.2, 0.25) is 5.76 Å². The van der Waals surface area contributed by atoms with Gasteiger partial charge in [-0.15, -0.1) is 0 Å². The molecule has 3 aromatic heterocycles. The molecule has 0 unspecified atom stereocenters. The first-order valence-corrected chi connectivity index (χ1v) is 13.9. The number of likely N-dealkylation sites (tertiary alicyclic amines) is 1. The number of alkyl halides is 3. The molecule has 1 amide bonds.